The first kappa shape index (κ1) is 25.1. The standard InChI is InChI=1S/C26H34N4O2.ClH/c1-17(2)30-23-9-4-18(3)22(24(23)25(28-30)26(27)32)16-20-11-14-29(15-12-20)13-10-19-5-7-21(31)8-6-19;/h4-9,17,20,31H,10-16H2,1-3H3,(H2,27,32);1H. The predicted octanol–water partition coefficient (Wildman–Crippen LogP) is 4.65. The molecule has 0 radical (unpaired) electrons. The van der Waals surface area contributed by atoms with E-state index in [2.05, 4.69) is 42.9 Å². The van der Waals surface area contributed by atoms with Gasteiger partial charge in [-0.3, -0.25) is 9.48 Å². The Morgan fingerprint density at radius 2 is 1.82 bits per heavy atom. The van der Waals surface area contributed by atoms with Crippen LogP contribution in [0.4, 0.5) is 0 Å². The zero-order valence-electron chi connectivity index (χ0n) is 19.8. The van der Waals surface area contributed by atoms with Crippen molar-refractivity contribution < 1.29 is 9.90 Å². The molecule has 1 aliphatic heterocycles. The second-order valence-electron chi connectivity index (χ2n) is 9.41. The van der Waals surface area contributed by atoms with Crippen LogP contribution in [0.1, 0.15) is 59.9 Å². The molecule has 4 rings (SSSR count). The van der Waals surface area contributed by atoms with Crippen molar-refractivity contribution in [3.05, 3.63) is 58.8 Å². The molecule has 1 saturated heterocycles. The molecular formula is C26H35ClN4O2. The first-order valence-corrected chi connectivity index (χ1v) is 11.6. The van der Waals surface area contributed by atoms with E-state index >= 15 is 0 Å². The minimum atomic E-state index is -0.453. The highest BCUT2D eigenvalue weighted by Gasteiger charge is 2.25. The molecule has 0 bridgehead atoms. The second kappa shape index (κ2) is 10.6. The summed E-state index contributed by atoms with van der Waals surface area (Å²) in [5, 5.41) is 15.0. The number of hydrogen-bond donors (Lipinski definition) is 2. The Labute approximate surface area is 202 Å². The van der Waals surface area contributed by atoms with E-state index in [9.17, 15) is 9.90 Å². The quantitative estimate of drug-likeness (QED) is 0.526. The molecule has 0 aliphatic carbocycles. The number of benzene rings is 2. The van der Waals surface area contributed by atoms with Gasteiger partial charge in [-0.1, -0.05) is 18.2 Å². The Morgan fingerprint density at radius 1 is 1.15 bits per heavy atom. The van der Waals surface area contributed by atoms with Crippen LogP contribution in [0, 0.1) is 12.8 Å². The molecule has 0 atom stereocenters. The fraction of sp³-hybridized carbons (Fsp3) is 0.462. The molecule has 3 N–H and O–H groups in total. The van der Waals surface area contributed by atoms with Gasteiger partial charge in [0.1, 0.15) is 5.75 Å². The van der Waals surface area contributed by atoms with Crippen LogP contribution < -0.4 is 5.73 Å². The van der Waals surface area contributed by atoms with Gasteiger partial charge in [-0.25, -0.2) is 0 Å². The van der Waals surface area contributed by atoms with Crippen LogP contribution in [0.25, 0.3) is 10.9 Å². The van der Waals surface area contributed by atoms with Crippen LogP contribution in [0.2, 0.25) is 0 Å². The van der Waals surface area contributed by atoms with Crippen molar-refractivity contribution in [1.82, 2.24) is 14.7 Å². The maximum atomic E-state index is 12.2. The smallest absolute Gasteiger partial charge is 0.269 e. The Balaban J connectivity index is 0.00000306. The Bertz CT molecular complexity index is 1100. The maximum Gasteiger partial charge on any atom is 0.269 e. The van der Waals surface area contributed by atoms with Crippen molar-refractivity contribution in [3.63, 3.8) is 0 Å². The number of aryl methyl sites for hydroxylation is 1. The zero-order chi connectivity index (χ0) is 22.8. The number of phenols is 1. The van der Waals surface area contributed by atoms with Gasteiger partial charge in [0.15, 0.2) is 5.69 Å². The summed E-state index contributed by atoms with van der Waals surface area (Å²) < 4.78 is 1.92. The highest BCUT2D eigenvalue weighted by molar-refractivity contribution is 6.05. The number of nitrogens with zero attached hydrogens (tertiary/aromatic N) is 3. The number of likely N-dealkylation sites (tertiary alicyclic amines) is 1. The number of carbonyl (C=O) groups is 1. The van der Waals surface area contributed by atoms with E-state index in [-0.39, 0.29) is 18.4 Å². The van der Waals surface area contributed by atoms with E-state index in [4.69, 9.17) is 5.73 Å². The number of aromatic hydroxyl groups is 1. The summed E-state index contributed by atoms with van der Waals surface area (Å²) in [6, 6.07) is 11.9. The van der Waals surface area contributed by atoms with Gasteiger partial charge in [0.05, 0.1) is 5.52 Å². The normalized spacial score (nSPS) is 15.2. The number of nitrogens with two attached hydrogens (primary N) is 1. The molecule has 2 heterocycles. The second-order valence-corrected chi connectivity index (χ2v) is 9.41. The molecule has 6 nitrogen and oxygen atoms in total. The molecule has 1 aliphatic rings. The summed E-state index contributed by atoms with van der Waals surface area (Å²) in [4.78, 5) is 14.7. The number of fused-ring (bicyclic) bond motifs is 1. The van der Waals surface area contributed by atoms with Crippen LogP contribution >= 0.6 is 12.4 Å². The number of hydrogen-bond acceptors (Lipinski definition) is 4. The number of phenolic OH excluding ortho intramolecular Hbond substituents is 1. The Hall–Kier alpha value is -2.57. The lowest BCUT2D eigenvalue weighted by Crippen LogP contribution is -2.35. The number of amides is 1. The van der Waals surface area contributed by atoms with Gasteiger partial charge >= 0.3 is 0 Å². The van der Waals surface area contributed by atoms with Gasteiger partial charge in [0, 0.05) is 18.0 Å². The molecule has 3 aromatic rings. The molecule has 7 heteroatoms. The first-order chi connectivity index (χ1) is 15.3. The molecule has 0 saturated carbocycles. The third-order valence-corrected chi connectivity index (χ3v) is 6.79. The highest BCUT2D eigenvalue weighted by atomic mass is 35.5. The van der Waals surface area contributed by atoms with E-state index in [1.165, 1.54) is 16.7 Å². The molecule has 0 spiro atoms. The largest absolute Gasteiger partial charge is 0.508 e. The van der Waals surface area contributed by atoms with E-state index in [1.807, 2.05) is 16.8 Å². The Kier molecular flexibility index (Phi) is 8.03. The summed E-state index contributed by atoms with van der Waals surface area (Å²) in [5.74, 6) is 0.455. The van der Waals surface area contributed by atoms with Gasteiger partial charge in [0.2, 0.25) is 0 Å². The van der Waals surface area contributed by atoms with Crippen molar-refractivity contribution in [2.75, 3.05) is 19.6 Å². The molecule has 1 aromatic heterocycles. The lowest BCUT2D eigenvalue weighted by atomic mass is 9.86. The summed E-state index contributed by atoms with van der Waals surface area (Å²) in [6.07, 6.45) is 4.25. The van der Waals surface area contributed by atoms with Crippen LogP contribution in [0.3, 0.4) is 0 Å². The summed E-state index contributed by atoms with van der Waals surface area (Å²) >= 11 is 0. The number of carbonyl (C=O) groups excluding carboxylic acids is 1. The minimum absolute atomic E-state index is 0. The minimum Gasteiger partial charge on any atom is -0.508 e. The Morgan fingerprint density at radius 3 is 2.42 bits per heavy atom. The maximum absolute atomic E-state index is 12.2. The summed E-state index contributed by atoms with van der Waals surface area (Å²) in [7, 11) is 0. The fourth-order valence-corrected chi connectivity index (χ4v) is 4.89. The van der Waals surface area contributed by atoms with Crippen LogP contribution in [-0.4, -0.2) is 45.3 Å². The molecular weight excluding hydrogens is 436 g/mol. The van der Waals surface area contributed by atoms with E-state index in [0.717, 1.165) is 56.2 Å². The molecule has 1 amide bonds. The summed E-state index contributed by atoms with van der Waals surface area (Å²) in [5.41, 5.74) is 10.8. The van der Waals surface area contributed by atoms with Crippen molar-refractivity contribution in [2.45, 2.75) is 52.5 Å². The number of rotatable bonds is 7. The van der Waals surface area contributed by atoms with Crippen LogP contribution in [-0.2, 0) is 12.8 Å². The number of piperidine rings is 1. The molecule has 1 fully saturated rings. The van der Waals surface area contributed by atoms with Crippen molar-refractivity contribution >= 4 is 29.2 Å². The first-order valence-electron chi connectivity index (χ1n) is 11.6. The van der Waals surface area contributed by atoms with Gasteiger partial charge in [-0.15, -0.1) is 12.4 Å². The van der Waals surface area contributed by atoms with Gasteiger partial charge in [0.25, 0.3) is 5.91 Å². The van der Waals surface area contributed by atoms with Crippen molar-refractivity contribution in [2.24, 2.45) is 11.7 Å². The van der Waals surface area contributed by atoms with Crippen LogP contribution in [0.5, 0.6) is 5.75 Å². The monoisotopic (exact) mass is 470 g/mol. The SMILES string of the molecule is Cc1ccc2c(c(C(N)=O)nn2C(C)C)c1CC1CCN(CCc2ccc(O)cc2)CC1.Cl. The van der Waals surface area contributed by atoms with E-state index in [1.54, 1.807) is 12.1 Å². The van der Waals surface area contributed by atoms with Crippen LogP contribution in [0.15, 0.2) is 36.4 Å². The average Bonchev–Trinajstić information content (AvgIpc) is 3.17. The fourth-order valence-electron chi connectivity index (χ4n) is 4.89. The summed E-state index contributed by atoms with van der Waals surface area (Å²) in [6.45, 7) is 9.49. The highest BCUT2D eigenvalue weighted by Crippen LogP contribution is 2.32. The van der Waals surface area contributed by atoms with Gasteiger partial charge in [-0.05, 0) is 100 Å². The number of aromatic nitrogens is 2. The molecule has 2 aromatic carbocycles. The zero-order valence-corrected chi connectivity index (χ0v) is 20.6. The molecule has 33 heavy (non-hydrogen) atoms. The third kappa shape index (κ3) is 5.50. The number of primary amides is 1. The number of halogens is 1. The molecule has 178 valence electrons. The van der Waals surface area contributed by atoms with Gasteiger partial charge in [-0.2, -0.15) is 5.10 Å². The predicted molar refractivity (Wildman–Crippen MR) is 135 cm³/mol. The average molecular weight is 471 g/mol. The van der Waals surface area contributed by atoms with E-state index < -0.39 is 5.91 Å². The lowest BCUT2D eigenvalue weighted by molar-refractivity contribution is 0.0996. The molecule has 0 unspecified atom stereocenters. The van der Waals surface area contributed by atoms with Crippen molar-refractivity contribution in [1.29, 1.82) is 0 Å². The lowest BCUT2D eigenvalue weighted by Gasteiger charge is -2.32. The topological polar surface area (TPSA) is 84.4 Å². The van der Waals surface area contributed by atoms with E-state index in [0.29, 0.717) is 17.4 Å². The van der Waals surface area contributed by atoms with Gasteiger partial charge < -0.3 is 15.7 Å². The van der Waals surface area contributed by atoms with Crippen molar-refractivity contribution in [3.8, 4) is 5.75 Å². The third-order valence-electron chi connectivity index (χ3n) is 6.79.